The molecule has 4 heteroatoms. The zero-order valence-electron chi connectivity index (χ0n) is 14.2. The topological polar surface area (TPSA) is 60.4 Å². The lowest BCUT2D eigenvalue weighted by atomic mass is 10.1. The van der Waals surface area contributed by atoms with Gasteiger partial charge in [-0.3, -0.25) is 4.79 Å². The van der Waals surface area contributed by atoms with Crippen molar-refractivity contribution >= 4 is 17.5 Å². The number of Topliss-reactive ketones (excluding diaryl/α,β-unsaturated/α-hetero) is 2. The molecule has 0 saturated heterocycles. The second-order valence-electron chi connectivity index (χ2n) is 5.05. The molecule has 4 nitrogen and oxygen atoms in total. The van der Waals surface area contributed by atoms with E-state index in [2.05, 4.69) is 11.7 Å². The Labute approximate surface area is 124 Å². The summed E-state index contributed by atoms with van der Waals surface area (Å²) in [5.41, 5.74) is 0. The Hall–Kier alpha value is -1.19. The van der Waals surface area contributed by atoms with Gasteiger partial charge in [0.1, 0.15) is 11.6 Å². The first-order valence-electron chi connectivity index (χ1n) is 7.29. The zero-order chi connectivity index (χ0) is 16.6. The molecule has 120 valence electrons. The highest BCUT2D eigenvalue weighted by Gasteiger charge is 1.95. The number of carbonyl (C=O) groups is 3. The number of rotatable bonds is 6. The molecule has 0 bridgehead atoms. The van der Waals surface area contributed by atoms with Crippen molar-refractivity contribution in [2.75, 3.05) is 6.61 Å². The molecular formula is C16H32O4. The molecular weight excluding hydrogens is 256 g/mol. The summed E-state index contributed by atoms with van der Waals surface area (Å²) in [5, 5.41) is 0. The Balaban J connectivity index is -0.000000223. The lowest BCUT2D eigenvalue weighted by Gasteiger charge is -1.96. The second-order valence-corrected chi connectivity index (χ2v) is 5.05. The van der Waals surface area contributed by atoms with Crippen LogP contribution in [0.2, 0.25) is 0 Å². The van der Waals surface area contributed by atoms with Gasteiger partial charge in [0.25, 0.3) is 0 Å². The number of hydrogen-bond donors (Lipinski definition) is 0. The Morgan fingerprint density at radius 3 is 1.55 bits per heavy atom. The fourth-order valence-corrected chi connectivity index (χ4v) is 0.935. The summed E-state index contributed by atoms with van der Waals surface area (Å²) in [6, 6.07) is 0. The average Bonchev–Trinajstić information content (AvgIpc) is 2.28. The third-order valence-corrected chi connectivity index (χ3v) is 2.00. The summed E-state index contributed by atoms with van der Waals surface area (Å²) in [5.74, 6) is 0.885. The minimum absolute atomic E-state index is 0.182. The van der Waals surface area contributed by atoms with E-state index in [4.69, 9.17) is 0 Å². The molecule has 0 aliphatic rings. The van der Waals surface area contributed by atoms with Crippen LogP contribution in [0.4, 0.5) is 0 Å². The van der Waals surface area contributed by atoms with E-state index in [0.717, 1.165) is 19.3 Å². The summed E-state index contributed by atoms with van der Waals surface area (Å²) in [6.07, 6.45) is 3.44. The van der Waals surface area contributed by atoms with Crippen LogP contribution in [-0.4, -0.2) is 24.1 Å². The van der Waals surface area contributed by atoms with Crippen LogP contribution < -0.4 is 0 Å². The van der Waals surface area contributed by atoms with Gasteiger partial charge in [-0.25, -0.2) is 0 Å². The van der Waals surface area contributed by atoms with Gasteiger partial charge in [0.15, 0.2) is 0 Å². The van der Waals surface area contributed by atoms with Crippen LogP contribution in [0.25, 0.3) is 0 Å². The van der Waals surface area contributed by atoms with Crippen molar-refractivity contribution in [2.45, 2.75) is 74.1 Å². The Kier molecular flexibility index (Phi) is 21.3. The Bertz CT molecular complexity index is 257. The smallest absolute Gasteiger partial charge is 0.302 e. The van der Waals surface area contributed by atoms with E-state index in [1.807, 2.05) is 20.8 Å². The van der Waals surface area contributed by atoms with Crippen molar-refractivity contribution in [1.82, 2.24) is 0 Å². The van der Waals surface area contributed by atoms with Crippen LogP contribution in [0.5, 0.6) is 0 Å². The SMILES string of the molecule is CC(=O)CC(C)C.CCC(C)=O.CCCCOC(C)=O. The average molecular weight is 288 g/mol. The molecule has 0 aromatic carbocycles. The third-order valence-electron chi connectivity index (χ3n) is 2.00. The van der Waals surface area contributed by atoms with E-state index in [-0.39, 0.29) is 17.5 Å². The largest absolute Gasteiger partial charge is 0.466 e. The van der Waals surface area contributed by atoms with Crippen LogP contribution in [0.15, 0.2) is 0 Å². The molecule has 0 aliphatic carbocycles. The van der Waals surface area contributed by atoms with Gasteiger partial charge in [0.05, 0.1) is 6.61 Å². The van der Waals surface area contributed by atoms with E-state index in [1.165, 1.54) is 6.92 Å². The lowest BCUT2D eigenvalue weighted by Crippen LogP contribution is -1.99. The molecule has 0 amide bonds. The predicted octanol–water partition coefficient (Wildman–Crippen LogP) is 3.96. The second kappa shape index (κ2) is 17.8. The first-order chi connectivity index (χ1) is 9.17. The Morgan fingerprint density at radius 1 is 0.950 bits per heavy atom. The quantitative estimate of drug-likeness (QED) is 0.548. The molecule has 0 rings (SSSR count). The highest BCUT2D eigenvalue weighted by Crippen LogP contribution is 1.97. The Morgan fingerprint density at radius 2 is 1.40 bits per heavy atom. The number of esters is 1. The van der Waals surface area contributed by atoms with Gasteiger partial charge in [-0.1, -0.05) is 34.1 Å². The molecule has 0 aromatic heterocycles. The van der Waals surface area contributed by atoms with E-state index in [9.17, 15) is 14.4 Å². The molecule has 0 aromatic rings. The van der Waals surface area contributed by atoms with Crippen molar-refractivity contribution in [2.24, 2.45) is 5.92 Å². The predicted molar refractivity (Wildman–Crippen MR) is 82.6 cm³/mol. The van der Waals surface area contributed by atoms with Gasteiger partial charge >= 0.3 is 5.97 Å². The number of carbonyl (C=O) groups excluding carboxylic acids is 3. The molecule has 0 atom stereocenters. The van der Waals surface area contributed by atoms with Crippen LogP contribution in [0.1, 0.15) is 74.1 Å². The van der Waals surface area contributed by atoms with Gasteiger partial charge in [-0.05, 0) is 26.2 Å². The maximum absolute atomic E-state index is 10.3. The number of unbranched alkanes of at least 4 members (excludes halogenated alkanes) is 1. The molecule has 0 heterocycles. The minimum Gasteiger partial charge on any atom is -0.466 e. The fraction of sp³-hybridized carbons (Fsp3) is 0.812. The maximum atomic E-state index is 10.3. The summed E-state index contributed by atoms with van der Waals surface area (Å²) in [7, 11) is 0. The van der Waals surface area contributed by atoms with Crippen LogP contribution >= 0.6 is 0 Å². The number of hydrogen-bond acceptors (Lipinski definition) is 4. The third kappa shape index (κ3) is 43.7. The van der Waals surface area contributed by atoms with Crippen molar-refractivity contribution in [3.05, 3.63) is 0 Å². The summed E-state index contributed by atoms with van der Waals surface area (Å²) in [4.78, 5) is 30.2. The van der Waals surface area contributed by atoms with Crippen molar-refractivity contribution in [3.63, 3.8) is 0 Å². The monoisotopic (exact) mass is 288 g/mol. The van der Waals surface area contributed by atoms with Gasteiger partial charge < -0.3 is 14.3 Å². The first kappa shape index (κ1) is 23.9. The minimum atomic E-state index is -0.182. The van der Waals surface area contributed by atoms with Crippen LogP contribution in [0.3, 0.4) is 0 Å². The van der Waals surface area contributed by atoms with Gasteiger partial charge in [-0.15, -0.1) is 0 Å². The van der Waals surface area contributed by atoms with E-state index >= 15 is 0 Å². The van der Waals surface area contributed by atoms with Gasteiger partial charge in [-0.2, -0.15) is 0 Å². The van der Waals surface area contributed by atoms with E-state index in [0.29, 0.717) is 18.9 Å². The number of ketones is 2. The first-order valence-corrected chi connectivity index (χ1v) is 7.29. The molecule has 0 N–H and O–H groups in total. The normalized spacial score (nSPS) is 8.80. The summed E-state index contributed by atoms with van der Waals surface area (Å²) < 4.78 is 4.64. The molecule has 0 unspecified atom stereocenters. The van der Waals surface area contributed by atoms with Gasteiger partial charge in [0, 0.05) is 19.8 Å². The molecule has 0 radical (unpaired) electrons. The molecule has 20 heavy (non-hydrogen) atoms. The van der Waals surface area contributed by atoms with Crippen molar-refractivity contribution in [1.29, 1.82) is 0 Å². The highest BCUT2D eigenvalue weighted by molar-refractivity contribution is 5.75. The fourth-order valence-electron chi connectivity index (χ4n) is 0.935. The molecule has 0 fully saturated rings. The summed E-state index contributed by atoms with van der Waals surface area (Å²) >= 11 is 0. The summed E-state index contributed by atoms with van der Waals surface area (Å²) in [6.45, 7) is 13.2. The van der Waals surface area contributed by atoms with Crippen molar-refractivity contribution in [3.8, 4) is 0 Å². The van der Waals surface area contributed by atoms with Crippen molar-refractivity contribution < 1.29 is 19.1 Å². The number of ether oxygens (including phenoxy) is 1. The maximum Gasteiger partial charge on any atom is 0.302 e. The van der Waals surface area contributed by atoms with E-state index < -0.39 is 0 Å². The molecule has 0 aliphatic heterocycles. The lowest BCUT2D eigenvalue weighted by molar-refractivity contribution is -0.141. The van der Waals surface area contributed by atoms with Crippen LogP contribution in [0, 0.1) is 5.92 Å². The highest BCUT2D eigenvalue weighted by atomic mass is 16.5. The molecule has 0 saturated carbocycles. The molecule has 0 spiro atoms. The van der Waals surface area contributed by atoms with E-state index in [1.54, 1.807) is 13.8 Å². The van der Waals surface area contributed by atoms with Crippen LogP contribution in [-0.2, 0) is 19.1 Å². The van der Waals surface area contributed by atoms with Gasteiger partial charge in [0.2, 0.25) is 0 Å². The zero-order valence-corrected chi connectivity index (χ0v) is 14.2. The standard InChI is InChI=1S/C6H12O2.C6H12O.C4H8O/c1-3-4-5-8-6(2)7;1-5(2)4-6(3)7;1-3-4(2)5/h3-5H2,1-2H3;5H,4H2,1-3H3;3H2,1-2H3.